The molecule has 1 aromatic carbocycles. The summed E-state index contributed by atoms with van der Waals surface area (Å²) in [5.74, 6) is -2.24. The number of carboxylic acid groups (broad SMARTS) is 1. The highest BCUT2D eigenvalue weighted by Gasteiger charge is 2.55. The second-order valence-electron chi connectivity index (χ2n) is 7.48. The third kappa shape index (κ3) is 3.37. The molecule has 1 aromatic heterocycles. The number of carbonyl (C=O) groups is 2. The Bertz CT molecular complexity index is 861. The van der Waals surface area contributed by atoms with Crippen molar-refractivity contribution in [3.05, 3.63) is 35.2 Å². The Morgan fingerprint density at radius 3 is 2.48 bits per heavy atom. The van der Waals surface area contributed by atoms with Gasteiger partial charge in [0.15, 0.2) is 5.13 Å². The van der Waals surface area contributed by atoms with Crippen LogP contribution in [0, 0.1) is 11.8 Å². The average molecular weight is 386 g/mol. The zero-order valence-electron chi connectivity index (χ0n) is 15.2. The molecule has 0 saturated carbocycles. The van der Waals surface area contributed by atoms with Crippen LogP contribution in [0.4, 0.5) is 5.13 Å². The molecular formula is C20H22N2O4S. The maximum absolute atomic E-state index is 12.7. The lowest BCUT2D eigenvalue weighted by Crippen LogP contribution is -2.40. The first-order valence-corrected chi connectivity index (χ1v) is 10.1. The van der Waals surface area contributed by atoms with Crippen LogP contribution in [0.1, 0.15) is 38.2 Å². The van der Waals surface area contributed by atoms with Crippen LogP contribution in [0.25, 0.3) is 11.3 Å². The van der Waals surface area contributed by atoms with Crippen LogP contribution in [0.3, 0.4) is 0 Å². The van der Waals surface area contributed by atoms with Gasteiger partial charge in [-0.05, 0) is 24.3 Å². The Labute approximate surface area is 161 Å². The topological polar surface area (TPSA) is 88.5 Å². The predicted octanol–water partition coefficient (Wildman–Crippen LogP) is 3.75. The summed E-state index contributed by atoms with van der Waals surface area (Å²) in [5, 5.41) is 14.6. The quantitative estimate of drug-likeness (QED) is 0.817. The van der Waals surface area contributed by atoms with E-state index in [4.69, 9.17) is 4.74 Å². The Morgan fingerprint density at radius 1 is 1.19 bits per heavy atom. The highest BCUT2D eigenvalue weighted by Crippen LogP contribution is 2.44. The molecule has 2 saturated heterocycles. The Hall–Kier alpha value is -2.25. The Balaban J connectivity index is 1.47. The fraction of sp³-hybridized carbons (Fsp3) is 0.450. The molecule has 142 valence electrons. The molecule has 2 bridgehead atoms. The van der Waals surface area contributed by atoms with E-state index in [1.54, 1.807) is 0 Å². The van der Waals surface area contributed by atoms with Crippen molar-refractivity contribution >= 4 is 28.3 Å². The largest absolute Gasteiger partial charge is 0.481 e. The van der Waals surface area contributed by atoms with Gasteiger partial charge in [-0.1, -0.05) is 38.1 Å². The van der Waals surface area contributed by atoms with E-state index in [0.717, 1.165) is 17.7 Å². The highest BCUT2D eigenvalue weighted by atomic mass is 32.1. The number of hydrogen-bond acceptors (Lipinski definition) is 5. The summed E-state index contributed by atoms with van der Waals surface area (Å²) in [6.07, 6.45) is 0.783. The lowest BCUT2D eigenvalue weighted by atomic mass is 9.79. The molecule has 0 spiro atoms. The summed E-state index contributed by atoms with van der Waals surface area (Å²) in [7, 11) is 0. The number of amides is 1. The zero-order valence-corrected chi connectivity index (χ0v) is 16.0. The molecular weight excluding hydrogens is 364 g/mol. The van der Waals surface area contributed by atoms with E-state index in [1.807, 2.05) is 17.5 Å². The van der Waals surface area contributed by atoms with Crippen molar-refractivity contribution in [1.29, 1.82) is 0 Å². The van der Waals surface area contributed by atoms with E-state index in [9.17, 15) is 14.7 Å². The zero-order chi connectivity index (χ0) is 19.1. The Kier molecular flexibility index (Phi) is 4.74. The first-order valence-electron chi connectivity index (χ1n) is 9.19. The highest BCUT2D eigenvalue weighted by molar-refractivity contribution is 7.14. The Morgan fingerprint density at radius 2 is 1.85 bits per heavy atom. The monoisotopic (exact) mass is 386 g/mol. The van der Waals surface area contributed by atoms with Gasteiger partial charge in [0.05, 0.1) is 29.7 Å². The standard InChI is InChI=1S/C20H22N2O4S/c1-10(2)11-3-5-12(6-4-11)13-9-27-20(21-13)22-18(23)16-14-7-8-15(26-14)17(16)19(24)25/h3-6,9-10,14-17H,7-8H2,1-2H3,(H,24,25)(H,21,22,23)/t14-,15-,16+,17-/m1/s1. The number of nitrogens with zero attached hydrogens (tertiary/aromatic N) is 1. The van der Waals surface area contributed by atoms with Gasteiger partial charge < -0.3 is 15.2 Å². The van der Waals surface area contributed by atoms with Gasteiger partial charge in [-0.25, -0.2) is 4.98 Å². The molecule has 0 radical (unpaired) electrons. The van der Waals surface area contributed by atoms with Crippen LogP contribution in [0.2, 0.25) is 0 Å². The first-order chi connectivity index (χ1) is 12.9. The number of anilines is 1. The van der Waals surface area contributed by atoms with Gasteiger partial charge in [0, 0.05) is 10.9 Å². The van der Waals surface area contributed by atoms with E-state index in [2.05, 4.69) is 36.3 Å². The molecule has 0 unspecified atom stereocenters. The number of carbonyl (C=O) groups excluding carboxylic acids is 1. The average Bonchev–Trinajstić information content (AvgIpc) is 3.37. The normalized spacial score (nSPS) is 26.5. The number of carboxylic acids is 1. The second kappa shape index (κ2) is 7.05. The number of thiazole rings is 1. The number of ether oxygens (including phenoxy) is 1. The third-order valence-corrected chi connectivity index (χ3v) is 6.23. The van der Waals surface area contributed by atoms with Gasteiger partial charge in [0.1, 0.15) is 0 Å². The van der Waals surface area contributed by atoms with E-state index < -0.39 is 17.8 Å². The van der Waals surface area contributed by atoms with Crippen LogP contribution in [-0.4, -0.2) is 34.2 Å². The third-order valence-electron chi connectivity index (χ3n) is 5.47. The van der Waals surface area contributed by atoms with E-state index >= 15 is 0 Å². The molecule has 7 heteroatoms. The van der Waals surface area contributed by atoms with Crippen molar-refractivity contribution in [1.82, 2.24) is 4.98 Å². The molecule has 0 aliphatic carbocycles. The molecule has 2 aliphatic rings. The number of aromatic nitrogens is 1. The molecule has 1 amide bonds. The molecule has 6 nitrogen and oxygen atoms in total. The maximum Gasteiger partial charge on any atom is 0.310 e. The smallest absolute Gasteiger partial charge is 0.310 e. The van der Waals surface area contributed by atoms with Gasteiger partial charge in [0.25, 0.3) is 0 Å². The van der Waals surface area contributed by atoms with Gasteiger partial charge in [-0.3, -0.25) is 9.59 Å². The minimum Gasteiger partial charge on any atom is -0.481 e. The number of nitrogens with one attached hydrogen (secondary N) is 1. The summed E-state index contributed by atoms with van der Waals surface area (Å²) in [6, 6.07) is 8.23. The molecule has 4 rings (SSSR count). The van der Waals surface area contributed by atoms with Crippen molar-refractivity contribution in [2.75, 3.05) is 5.32 Å². The van der Waals surface area contributed by atoms with Crippen molar-refractivity contribution < 1.29 is 19.4 Å². The van der Waals surface area contributed by atoms with Gasteiger partial charge in [-0.2, -0.15) is 0 Å². The van der Waals surface area contributed by atoms with Crippen molar-refractivity contribution in [2.45, 2.75) is 44.8 Å². The summed E-state index contributed by atoms with van der Waals surface area (Å²) in [6.45, 7) is 4.30. The van der Waals surface area contributed by atoms with E-state index in [0.29, 0.717) is 17.5 Å². The fourth-order valence-corrected chi connectivity index (χ4v) is 4.74. The van der Waals surface area contributed by atoms with Crippen LogP contribution >= 0.6 is 11.3 Å². The molecule has 2 aliphatic heterocycles. The summed E-state index contributed by atoms with van der Waals surface area (Å²) >= 11 is 1.34. The molecule has 2 aromatic rings. The van der Waals surface area contributed by atoms with Gasteiger partial charge in [0.2, 0.25) is 5.91 Å². The van der Waals surface area contributed by atoms with Crippen molar-refractivity contribution in [3.63, 3.8) is 0 Å². The van der Waals surface area contributed by atoms with Crippen LogP contribution in [0.5, 0.6) is 0 Å². The van der Waals surface area contributed by atoms with Crippen LogP contribution in [-0.2, 0) is 14.3 Å². The predicted molar refractivity (Wildman–Crippen MR) is 103 cm³/mol. The molecule has 3 heterocycles. The van der Waals surface area contributed by atoms with Crippen LogP contribution < -0.4 is 5.32 Å². The SMILES string of the molecule is CC(C)c1ccc(-c2csc(NC(=O)[C@@H]3[C@H](C(=O)O)[C@H]4CC[C@H]3O4)n2)cc1. The van der Waals surface area contributed by atoms with E-state index in [-0.39, 0.29) is 18.1 Å². The fourth-order valence-electron chi connectivity index (χ4n) is 4.02. The van der Waals surface area contributed by atoms with Crippen LogP contribution in [0.15, 0.2) is 29.6 Å². The van der Waals surface area contributed by atoms with Gasteiger partial charge in [-0.15, -0.1) is 11.3 Å². The number of aliphatic carboxylic acids is 1. The summed E-state index contributed by atoms with van der Waals surface area (Å²) in [5.41, 5.74) is 3.05. The number of rotatable bonds is 5. The number of fused-ring (bicyclic) bond motifs is 2. The van der Waals surface area contributed by atoms with Crippen molar-refractivity contribution in [3.8, 4) is 11.3 Å². The van der Waals surface area contributed by atoms with E-state index in [1.165, 1.54) is 16.9 Å². The maximum atomic E-state index is 12.7. The van der Waals surface area contributed by atoms with Crippen molar-refractivity contribution in [2.24, 2.45) is 11.8 Å². The second-order valence-corrected chi connectivity index (χ2v) is 8.34. The van der Waals surface area contributed by atoms with Gasteiger partial charge >= 0.3 is 5.97 Å². The lowest BCUT2D eigenvalue weighted by Gasteiger charge is -2.23. The first kappa shape index (κ1) is 18.1. The molecule has 2 N–H and O–H groups in total. The number of benzene rings is 1. The lowest BCUT2D eigenvalue weighted by molar-refractivity contribution is -0.147. The summed E-state index contributed by atoms with van der Waals surface area (Å²) < 4.78 is 5.66. The molecule has 2 fully saturated rings. The molecule has 4 atom stereocenters. The number of hydrogen-bond donors (Lipinski definition) is 2. The molecule has 27 heavy (non-hydrogen) atoms. The summed E-state index contributed by atoms with van der Waals surface area (Å²) in [4.78, 5) is 28.7. The minimum atomic E-state index is -0.965. The minimum absolute atomic E-state index is 0.306.